The van der Waals surface area contributed by atoms with Crippen molar-refractivity contribution in [2.45, 2.75) is 84.2 Å². The van der Waals surface area contributed by atoms with Crippen LogP contribution in [-0.2, 0) is 47.7 Å². The number of cyclic esters (lactones) is 1. The Morgan fingerprint density at radius 1 is 1.00 bits per heavy atom. The monoisotopic (exact) mass is 506 g/mol. The topological polar surface area (TPSA) is 135 Å². The van der Waals surface area contributed by atoms with E-state index in [9.17, 15) is 24.0 Å². The van der Waals surface area contributed by atoms with Crippen molar-refractivity contribution in [2.75, 3.05) is 13.2 Å². The number of epoxide rings is 1. The molecule has 5 aliphatic rings. The van der Waals surface area contributed by atoms with Gasteiger partial charge in [0.15, 0.2) is 0 Å². The number of carbonyl (C=O) groups is 5. The number of aldehydes is 1. The highest BCUT2D eigenvalue weighted by atomic mass is 16.6. The van der Waals surface area contributed by atoms with Gasteiger partial charge in [-0.2, -0.15) is 0 Å². The Labute approximate surface area is 209 Å². The van der Waals surface area contributed by atoms with Crippen LogP contribution in [0.25, 0.3) is 0 Å². The van der Waals surface area contributed by atoms with Gasteiger partial charge in [0.2, 0.25) is 0 Å². The molecule has 3 saturated carbocycles. The lowest BCUT2D eigenvalue weighted by molar-refractivity contribution is -0.269. The van der Waals surface area contributed by atoms with Crippen molar-refractivity contribution in [1.29, 1.82) is 0 Å². The smallest absolute Gasteiger partial charge is 0.316 e. The van der Waals surface area contributed by atoms with E-state index >= 15 is 0 Å². The minimum atomic E-state index is -1.42. The number of esters is 4. The van der Waals surface area contributed by atoms with Crippen molar-refractivity contribution in [2.24, 2.45) is 34.0 Å². The van der Waals surface area contributed by atoms with E-state index in [1.54, 1.807) is 0 Å². The first kappa shape index (κ1) is 25.2. The molecule has 2 saturated heterocycles. The van der Waals surface area contributed by atoms with Crippen molar-refractivity contribution in [1.82, 2.24) is 0 Å². The molecule has 0 aromatic rings. The van der Waals surface area contributed by atoms with E-state index in [1.165, 1.54) is 20.8 Å². The number of ether oxygens (including phenoxy) is 5. The van der Waals surface area contributed by atoms with Gasteiger partial charge in [0.05, 0.1) is 12.0 Å². The lowest BCUT2D eigenvalue weighted by Crippen LogP contribution is -2.72. The molecule has 2 aliphatic heterocycles. The zero-order valence-corrected chi connectivity index (χ0v) is 21.4. The van der Waals surface area contributed by atoms with E-state index in [0.29, 0.717) is 32.3 Å². The molecule has 10 nitrogen and oxygen atoms in total. The number of fused-ring (bicyclic) bond motifs is 3. The minimum Gasteiger partial charge on any atom is -0.464 e. The van der Waals surface area contributed by atoms with E-state index in [2.05, 4.69) is 0 Å². The summed E-state index contributed by atoms with van der Waals surface area (Å²) in [5.74, 6) is -3.88. The molecule has 9 atom stereocenters. The molecule has 0 N–H and O–H groups in total. The summed E-state index contributed by atoms with van der Waals surface area (Å²) in [4.78, 5) is 63.6. The summed E-state index contributed by atoms with van der Waals surface area (Å²) < 4.78 is 29.4. The molecule has 5 rings (SSSR count). The molecule has 36 heavy (non-hydrogen) atoms. The number of hydrogen-bond donors (Lipinski definition) is 0. The highest BCUT2D eigenvalue weighted by molar-refractivity contribution is 5.83. The first-order valence-corrected chi connectivity index (χ1v) is 12.6. The number of hydrogen-bond acceptors (Lipinski definition) is 10. The lowest BCUT2D eigenvalue weighted by atomic mass is 9.43. The fourth-order valence-corrected chi connectivity index (χ4v) is 8.50. The van der Waals surface area contributed by atoms with Crippen molar-refractivity contribution >= 4 is 30.2 Å². The summed E-state index contributed by atoms with van der Waals surface area (Å²) >= 11 is 0. The van der Waals surface area contributed by atoms with Gasteiger partial charge in [-0.25, -0.2) is 0 Å². The Balaban J connectivity index is 1.77. The largest absolute Gasteiger partial charge is 0.464 e. The molecule has 3 spiro atoms. The van der Waals surface area contributed by atoms with E-state index in [0.717, 1.165) is 6.29 Å². The summed E-state index contributed by atoms with van der Waals surface area (Å²) in [5.41, 5.74) is -4.01. The van der Waals surface area contributed by atoms with E-state index in [4.69, 9.17) is 23.7 Å². The van der Waals surface area contributed by atoms with Crippen LogP contribution in [0, 0.1) is 34.0 Å². The third-order valence-corrected chi connectivity index (χ3v) is 9.64. The average molecular weight is 507 g/mol. The van der Waals surface area contributed by atoms with Crippen LogP contribution in [0.4, 0.5) is 0 Å². The van der Waals surface area contributed by atoms with Gasteiger partial charge in [-0.1, -0.05) is 13.8 Å². The first-order valence-electron chi connectivity index (χ1n) is 12.6. The lowest BCUT2D eigenvalue weighted by Gasteiger charge is -2.63. The van der Waals surface area contributed by atoms with Gasteiger partial charge in [-0.05, 0) is 37.0 Å². The van der Waals surface area contributed by atoms with Gasteiger partial charge in [0.1, 0.15) is 42.2 Å². The second kappa shape index (κ2) is 8.00. The van der Waals surface area contributed by atoms with Crippen LogP contribution in [-0.4, -0.2) is 67.3 Å². The molecule has 3 aliphatic carbocycles. The normalized spacial score (nSPS) is 45.9. The molecular weight excluding hydrogens is 472 g/mol. The molecule has 2 bridgehead atoms. The highest BCUT2D eigenvalue weighted by Crippen LogP contribution is 2.73. The third-order valence-electron chi connectivity index (χ3n) is 9.64. The summed E-state index contributed by atoms with van der Waals surface area (Å²) in [6, 6.07) is 0. The van der Waals surface area contributed by atoms with Gasteiger partial charge in [0.25, 0.3) is 0 Å². The van der Waals surface area contributed by atoms with Crippen LogP contribution in [0.2, 0.25) is 0 Å². The van der Waals surface area contributed by atoms with Gasteiger partial charge < -0.3 is 28.5 Å². The summed E-state index contributed by atoms with van der Waals surface area (Å²) in [7, 11) is 0. The maximum absolute atomic E-state index is 13.9. The number of carbonyl (C=O) groups excluding carboxylic acids is 5. The van der Waals surface area contributed by atoms with Gasteiger partial charge in [-0.15, -0.1) is 0 Å². The predicted molar refractivity (Wildman–Crippen MR) is 120 cm³/mol. The molecule has 5 fully saturated rings. The fraction of sp³-hybridized carbons (Fsp3) is 0.808. The van der Waals surface area contributed by atoms with Gasteiger partial charge in [0, 0.05) is 32.6 Å². The minimum absolute atomic E-state index is 0.174. The second-order valence-corrected chi connectivity index (χ2v) is 12.0. The predicted octanol–water partition coefficient (Wildman–Crippen LogP) is 1.76. The van der Waals surface area contributed by atoms with Gasteiger partial charge >= 0.3 is 23.9 Å². The van der Waals surface area contributed by atoms with Crippen LogP contribution in [0.5, 0.6) is 0 Å². The Bertz CT molecular complexity index is 1010. The quantitative estimate of drug-likeness (QED) is 0.240. The van der Waals surface area contributed by atoms with Crippen LogP contribution in [0.15, 0.2) is 0 Å². The Kier molecular flexibility index (Phi) is 5.60. The molecule has 198 valence electrons. The maximum Gasteiger partial charge on any atom is 0.316 e. The van der Waals surface area contributed by atoms with Crippen molar-refractivity contribution in [3.05, 3.63) is 0 Å². The Morgan fingerprint density at radius 2 is 1.64 bits per heavy atom. The third kappa shape index (κ3) is 3.22. The van der Waals surface area contributed by atoms with Crippen LogP contribution >= 0.6 is 0 Å². The highest BCUT2D eigenvalue weighted by Gasteiger charge is 2.84. The van der Waals surface area contributed by atoms with Crippen molar-refractivity contribution in [3.63, 3.8) is 0 Å². The average Bonchev–Trinajstić information content (AvgIpc) is 3.54. The summed E-state index contributed by atoms with van der Waals surface area (Å²) in [6.45, 7) is 7.94. The van der Waals surface area contributed by atoms with Crippen LogP contribution in [0.3, 0.4) is 0 Å². The van der Waals surface area contributed by atoms with E-state index in [1.807, 2.05) is 13.8 Å². The molecule has 0 aromatic heterocycles. The molecule has 0 unspecified atom stereocenters. The molecule has 0 aromatic carbocycles. The molecule has 0 amide bonds. The standard InChI is InChI=1S/C26H34O10/c1-13(28)34-17-8-16-9-24(21(36-15(3)30)26(16)12-33-26)20(17)25(11-32-22(24)31)18(10-27)23(4,5)7-6-19(25)35-14(2)29/h10,16-21H,6-9,11-12H2,1-5H3/t16-,17+,18-,19+,20-,21+,24+,25+,26+/m1/s1. The van der Waals surface area contributed by atoms with Crippen LogP contribution < -0.4 is 0 Å². The van der Waals surface area contributed by atoms with E-state index < -0.39 is 75.9 Å². The molecular formula is C26H34O10. The summed E-state index contributed by atoms with van der Waals surface area (Å²) in [6.07, 6.45) is 0.0474. The SMILES string of the molecule is CC(=O)O[C@H]1C[C@@H]2C[C@@]3(C(=O)OC[C@]4([C@@H](OC(C)=O)CCC(C)(C)[C@H]4C=O)[C@H]13)[C@H](OC(C)=O)[C@]21CO1. The maximum atomic E-state index is 13.9. The first-order chi connectivity index (χ1) is 16.8. The van der Waals surface area contributed by atoms with Crippen molar-refractivity contribution < 1.29 is 47.7 Å². The second-order valence-electron chi connectivity index (χ2n) is 12.0. The van der Waals surface area contributed by atoms with Crippen LogP contribution in [0.1, 0.15) is 60.3 Å². The fourth-order valence-electron chi connectivity index (χ4n) is 8.50. The zero-order valence-electron chi connectivity index (χ0n) is 21.4. The zero-order chi connectivity index (χ0) is 26.3. The van der Waals surface area contributed by atoms with Gasteiger partial charge in [-0.3, -0.25) is 19.2 Å². The molecule has 10 heteroatoms. The van der Waals surface area contributed by atoms with E-state index in [-0.39, 0.29) is 12.5 Å². The molecule has 0 radical (unpaired) electrons. The molecule has 2 heterocycles. The number of rotatable bonds is 4. The Morgan fingerprint density at radius 3 is 2.19 bits per heavy atom. The van der Waals surface area contributed by atoms with Crippen molar-refractivity contribution in [3.8, 4) is 0 Å². The Hall–Kier alpha value is -2.49. The summed E-state index contributed by atoms with van der Waals surface area (Å²) in [5, 5.41) is 0.